The van der Waals surface area contributed by atoms with Crippen molar-refractivity contribution < 1.29 is 18.0 Å². The van der Waals surface area contributed by atoms with E-state index in [0.29, 0.717) is 16.4 Å². The number of anilines is 1. The minimum Gasteiger partial charge on any atom is -0.325 e. The van der Waals surface area contributed by atoms with E-state index < -0.39 is 29.8 Å². The summed E-state index contributed by atoms with van der Waals surface area (Å²) in [4.78, 5) is 29.2. The van der Waals surface area contributed by atoms with E-state index in [4.69, 9.17) is 11.6 Å². The summed E-state index contributed by atoms with van der Waals surface area (Å²) < 4.78 is 41.0. The summed E-state index contributed by atoms with van der Waals surface area (Å²) in [5.74, 6) is -0.673. The molecule has 2 aromatic heterocycles. The number of halogens is 4. The molecule has 1 N–H and O–H groups in total. The SMILES string of the molecule is O=C(Cn1cnc2c(cnn2-c2ccc(Cl)cc2)c1=O)Nc1cccc(C(F)(F)F)c1. The van der Waals surface area contributed by atoms with Gasteiger partial charge in [0.2, 0.25) is 5.91 Å². The highest BCUT2D eigenvalue weighted by molar-refractivity contribution is 6.30. The molecule has 0 saturated heterocycles. The van der Waals surface area contributed by atoms with Gasteiger partial charge in [0, 0.05) is 10.7 Å². The van der Waals surface area contributed by atoms with Crippen molar-refractivity contribution >= 4 is 34.2 Å². The Labute approximate surface area is 177 Å². The zero-order valence-corrected chi connectivity index (χ0v) is 16.4. The third-order valence-electron chi connectivity index (χ3n) is 4.41. The molecular formula is C20H13ClF3N5O2. The van der Waals surface area contributed by atoms with Gasteiger partial charge in [-0.05, 0) is 42.5 Å². The van der Waals surface area contributed by atoms with E-state index in [9.17, 15) is 22.8 Å². The van der Waals surface area contributed by atoms with Crippen LogP contribution in [0, 0.1) is 0 Å². The molecule has 0 radical (unpaired) electrons. The Bertz CT molecular complexity index is 1330. The van der Waals surface area contributed by atoms with Crippen LogP contribution in [-0.4, -0.2) is 25.2 Å². The normalized spacial score (nSPS) is 11.6. The lowest BCUT2D eigenvalue weighted by Gasteiger charge is -2.10. The van der Waals surface area contributed by atoms with E-state index in [2.05, 4.69) is 15.4 Å². The summed E-state index contributed by atoms with van der Waals surface area (Å²) in [6, 6.07) is 11.0. The molecule has 0 aliphatic heterocycles. The second-order valence-electron chi connectivity index (χ2n) is 6.57. The molecule has 0 unspecified atom stereocenters. The van der Waals surface area contributed by atoms with Gasteiger partial charge in [-0.25, -0.2) is 9.67 Å². The molecule has 158 valence electrons. The lowest BCUT2D eigenvalue weighted by Crippen LogP contribution is -2.28. The molecule has 0 aliphatic rings. The molecule has 0 saturated carbocycles. The van der Waals surface area contributed by atoms with Crippen LogP contribution in [0.4, 0.5) is 18.9 Å². The molecule has 11 heteroatoms. The second-order valence-corrected chi connectivity index (χ2v) is 7.01. The monoisotopic (exact) mass is 447 g/mol. The van der Waals surface area contributed by atoms with Gasteiger partial charge in [-0.2, -0.15) is 18.3 Å². The molecule has 7 nitrogen and oxygen atoms in total. The molecule has 0 bridgehead atoms. The maximum absolute atomic E-state index is 12.8. The van der Waals surface area contributed by atoms with Crippen molar-refractivity contribution in [3.63, 3.8) is 0 Å². The fourth-order valence-corrected chi connectivity index (χ4v) is 3.09. The first-order valence-corrected chi connectivity index (χ1v) is 9.26. The standard InChI is InChI=1S/C20H13ClF3N5O2/c21-13-4-6-15(7-5-13)29-18-16(9-26-29)19(31)28(11-25-18)10-17(30)27-14-3-1-2-12(8-14)20(22,23)24/h1-9,11H,10H2,(H,27,30). The quantitative estimate of drug-likeness (QED) is 0.514. The molecule has 0 atom stereocenters. The summed E-state index contributed by atoms with van der Waals surface area (Å²) in [6.07, 6.45) is -2.01. The van der Waals surface area contributed by atoms with Crippen LogP contribution in [-0.2, 0) is 17.5 Å². The highest BCUT2D eigenvalue weighted by atomic mass is 35.5. The Morgan fingerprint density at radius 3 is 2.58 bits per heavy atom. The molecule has 2 aromatic carbocycles. The van der Waals surface area contributed by atoms with Crippen molar-refractivity contribution in [3.05, 3.63) is 82.0 Å². The third kappa shape index (κ3) is 4.29. The summed E-state index contributed by atoms with van der Waals surface area (Å²) in [5.41, 5.74) is -0.491. The number of hydrogen-bond donors (Lipinski definition) is 1. The molecular weight excluding hydrogens is 435 g/mol. The van der Waals surface area contributed by atoms with Crippen LogP contribution in [0.3, 0.4) is 0 Å². The average Bonchev–Trinajstić information content (AvgIpc) is 3.15. The first-order valence-electron chi connectivity index (χ1n) is 8.88. The number of benzene rings is 2. The van der Waals surface area contributed by atoms with Crippen molar-refractivity contribution in [1.29, 1.82) is 0 Å². The Balaban J connectivity index is 1.57. The van der Waals surface area contributed by atoms with E-state index in [-0.39, 0.29) is 11.1 Å². The van der Waals surface area contributed by atoms with Gasteiger partial charge in [-0.1, -0.05) is 17.7 Å². The Morgan fingerprint density at radius 1 is 1.13 bits per heavy atom. The van der Waals surface area contributed by atoms with Gasteiger partial charge in [0.1, 0.15) is 18.3 Å². The lowest BCUT2D eigenvalue weighted by atomic mass is 10.2. The minimum atomic E-state index is -4.53. The first-order chi connectivity index (χ1) is 14.7. The zero-order valence-electron chi connectivity index (χ0n) is 15.6. The number of carbonyl (C=O) groups is 1. The number of nitrogens with zero attached hydrogens (tertiary/aromatic N) is 4. The van der Waals surface area contributed by atoms with Crippen LogP contribution < -0.4 is 10.9 Å². The molecule has 0 aliphatic carbocycles. The Morgan fingerprint density at radius 2 is 1.87 bits per heavy atom. The number of rotatable bonds is 4. The first kappa shape index (κ1) is 20.6. The van der Waals surface area contributed by atoms with Crippen LogP contribution in [0.5, 0.6) is 0 Å². The van der Waals surface area contributed by atoms with E-state index >= 15 is 0 Å². The number of alkyl halides is 3. The zero-order chi connectivity index (χ0) is 22.2. The van der Waals surface area contributed by atoms with Gasteiger partial charge in [-0.15, -0.1) is 0 Å². The number of amides is 1. The second kappa shape index (κ2) is 7.88. The number of fused-ring (bicyclic) bond motifs is 1. The molecule has 1 amide bonds. The van der Waals surface area contributed by atoms with Gasteiger partial charge >= 0.3 is 6.18 Å². The van der Waals surface area contributed by atoms with E-state index in [1.165, 1.54) is 29.3 Å². The Hall–Kier alpha value is -3.66. The molecule has 4 rings (SSSR count). The van der Waals surface area contributed by atoms with Crippen LogP contribution in [0.25, 0.3) is 16.7 Å². The van der Waals surface area contributed by atoms with E-state index in [1.54, 1.807) is 24.3 Å². The maximum Gasteiger partial charge on any atom is 0.416 e. The average molecular weight is 448 g/mol. The molecule has 31 heavy (non-hydrogen) atoms. The van der Waals surface area contributed by atoms with Crippen molar-refractivity contribution in [2.75, 3.05) is 5.32 Å². The van der Waals surface area contributed by atoms with Crippen molar-refractivity contribution in [3.8, 4) is 5.69 Å². The fourth-order valence-electron chi connectivity index (χ4n) is 2.96. The van der Waals surface area contributed by atoms with Crippen molar-refractivity contribution in [2.45, 2.75) is 12.7 Å². The summed E-state index contributed by atoms with van der Waals surface area (Å²) >= 11 is 5.88. The summed E-state index contributed by atoms with van der Waals surface area (Å²) in [5, 5.41) is 7.25. The predicted octanol–water partition coefficient (Wildman–Crippen LogP) is 3.89. The number of nitrogens with one attached hydrogen (secondary N) is 1. The molecule has 4 aromatic rings. The summed E-state index contributed by atoms with van der Waals surface area (Å²) in [6.45, 7) is -0.426. The van der Waals surface area contributed by atoms with Gasteiger partial charge in [0.05, 0.1) is 17.4 Å². The van der Waals surface area contributed by atoms with Crippen LogP contribution >= 0.6 is 11.6 Å². The van der Waals surface area contributed by atoms with Crippen molar-refractivity contribution in [2.24, 2.45) is 0 Å². The molecule has 2 heterocycles. The van der Waals surface area contributed by atoms with Gasteiger partial charge < -0.3 is 5.32 Å². The smallest absolute Gasteiger partial charge is 0.325 e. The van der Waals surface area contributed by atoms with Gasteiger partial charge in [0.15, 0.2) is 5.65 Å². The molecule has 0 spiro atoms. The number of carbonyl (C=O) groups excluding carboxylic acids is 1. The van der Waals surface area contributed by atoms with Crippen LogP contribution in [0.2, 0.25) is 5.02 Å². The maximum atomic E-state index is 12.8. The van der Waals surface area contributed by atoms with Gasteiger partial charge in [-0.3, -0.25) is 14.2 Å². The van der Waals surface area contributed by atoms with E-state index in [1.807, 2.05) is 0 Å². The number of hydrogen-bond acceptors (Lipinski definition) is 4. The largest absolute Gasteiger partial charge is 0.416 e. The van der Waals surface area contributed by atoms with Crippen molar-refractivity contribution in [1.82, 2.24) is 19.3 Å². The van der Waals surface area contributed by atoms with E-state index in [0.717, 1.165) is 16.7 Å². The predicted molar refractivity (Wildman–Crippen MR) is 108 cm³/mol. The Kier molecular flexibility index (Phi) is 5.24. The highest BCUT2D eigenvalue weighted by Gasteiger charge is 2.30. The highest BCUT2D eigenvalue weighted by Crippen LogP contribution is 2.30. The molecule has 0 fully saturated rings. The fraction of sp³-hybridized carbons (Fsp3) is 0.100. The minimum absolute atomic E-state index is 0.0301. The number of aromatic nitrogens is 4. The summed E-state index contributed by atoms with van der Waals surface area (Å²) in [7, 11) is 0. The van der Waals surface area contributed by atoms with Gasteiger partial charge in [0.25, 0.3) is 5.56 Å². The third-order valence-corrected chi connectivity index (χ3v) is 4.67. The lowest BCUT2D eigenvalue weighted by molar-refractivity contribution is -0.137. The van der Waals surface area contributed by atoms with Crippen LogP contribution in [0.15, 0.2) is 65.8 Å². The van der Waals surface area contributed by atoms with Crippen LogP contribution in [0.1, 0.15) is 5.56 Å². The topological polar surface area (TPSA) is 81.8 Å².